The number of likely N-dealkylation sites (tertiary alicyclic amines) is 1. The van der Waals surface area contributed by atoms with E-state index in [1.807, 2.05) is 13.8 Å². The minimum Gasteiger partial charge on any atom is -0.465 e. The second-order valence-electron chi connectivity index (χ2n) is 9.54. The molecule has 2 aliphatic rings. The zero-order chi connectivity index (χ0) is 23.6. The minimum atomic E-state index is -4.34. The molecule has 2 N–H and O–H groups in total. The Morgan fingerprint density at radius 1 is 1.19 bits per heavy atom. The Labute approximate surface area is 186 Å². The van der Waals surface area contributed by atoms with Gasteiger partial charge in [-0.3, -0.25) is 14.6 Å². The molecule has 1 aromatic carbocycles. The van der Waals surface area contributed by atoms with E-state index in [0.717, 1.165) is 48.5 Å². The lowest BCUT2D eigenvalue weighted by molar-refractivity contribution is -0.137. The first-order chi connectivity index (χ1) is 15.0. The van der Waals surface area contributed by atoms with Gasteiger partial charge in [-0.25, -0.2) is 4.79 Å². The third-order valence-electron chi connectivity index (χ3n) is 6.71. The van der Waals surface area contributed by atoms with Crippen LogP contribution >= 0.6 is 0 Å². The van der Waals surface area contributed by atoms with Gasteiger partial charge in [-0.15, -0.1) is 0 Å². The van der Waals surface area contributed by atoms with Crippen molar-refractivity contribution in [2.24, 2.45) is 17.8 Å². The molecule has 0 aromatic heterocycles. The number of hydrogen-bond acceptors (Lipinski definition) is 3. The van der Waals surface area contributed by atoms with Gasteiger partial charge in [0.2, 0.25) is 5.91 Å². The number of rotatable bonds is 7. The maximum absolute atomic E-state index is 12.9. The molecule has 2 amide bonds. The smallest absolute Gasteiger partial charge is 0.416 e. The molecule has 1 saturated carbocycles. The highest BCUT2D eigenvalue weighted by molar-refractivity contribution is 5.85. The van der Waals surface area contributed by atoms with Gasteiger partial charge in [-0.05, 0) is 54.7 Å². The Hall–Kier alpha value is -2.29. The fraction of sp³-hybridized carbons (Fsp3) is 0.652. The molecule has 1 heterocycles. The van der Waals surface area contributed by atoms with E-state index in [4.69, 9.17) is 0 Å². The molecule has 0 spiro atoms. The third-order valence-corrected chi connectivity index (χ3v) is 6.71. The first kappa shape index (κ1) is 24.4. The second-order valence-corrected chi connectivity index (χ2v) is 9.54. The van der Waals surface area contributed by atoms with E-state index < -0.39 is 23.9 Å². The van der Waals surface area contributed by atoms with Gasteiger partial charge < -0.3 is 10.4 Å². The average molecular weight is 456 g/mol. The molecule has 1 aliphatic carbocycles. The molecular formula is C23H32F3N3O3. The summed E-state index contributed by atoms with van der Waals surface area (Å²) in [6.07, 6.45) is -3.17. The minimum absolute atomic E-state index is 0.0121. The molecule has 32 heavy (non-hydrogen) atoms. The number of amides is 2. The fourth-order valence-electron chi connectivity index (χ4n) is 5.02. The average Bonchev–Trinajstić information content (AvgIpc) is 3.26. The van der Waals surface area contributed by atoms with Crippen molar-refractivity contribution in [3.8, 4) is 0 Å². The predicted octanol–water partition coefficient (Wildman–Crippen LogP) is 4.06. The molecule has 1 saturated heterocycles. The summed E-state index contributed by atoms with van der Waals surface area (Å²) < 4.78 is 38.3. The van der Waals surface area contributed by atoms with Crippen LogP contribution in [0.15, 0.2) is 24.3 Å². The third kappa shape index (κ3) is 5.74. The number of nitrogens with zero attached hydrogens (tertiary/aromatic N) is 2. The number of halogens is 3. The summed E-state index contributed by atoms with van der Waals surface area (Å²) >= 11 is 0. The lowest BCUT2D eigenvalue weighted by Gasteiger charge is -2.29. The summed E-state index contributed by atoms with van der Waals surface area (Å²) in [7, 11) is 1.42. The second kappa shape index (κ2) is 9.68. The lowest BCUT2D eigenvalue weighted by Crippen LogP contribution is -2.51. The number of nitrogens with one attached hydrogen (secondary N) is 1. The number of fused-ring (bicyclic) bond motifs is 1. The van der Waals surface area contributed by atoms with E-state index in [9.17, 15) is 27.9 Å². The Bertz CT molecular complexity index is 813. The molecule has 2 unspecified atom stereocenters. The zero-order valence-electron chi connectivity index (χ0n) is 18.7. The number of benzene rings is 1. The summed E-state index contributed by atoms with van der Waals surface area (Å²) in [5.74, 6) is 0.615. The zero-order valence-corrected chi connectivity index (χ0v) is 18.7. The summed E-state index contributed by atoms with van der Waals surface area (Å²) in [6, 6.07) is 4.54. The largest absolute Gasteiger partial charge is 0.465 e. The van der Waals surface area contributed by atoms with Crippen LogP contribution in [0.2, 0.25) is 0 Å². The van der Waals surface area contributed by atoms with E-state index in [1.54, 1.807) is 0 Å². The van der Waals surface area contributed by atoms with E-state index in [-0.39, 0.29) is 23.8 Å². The molecule has 3 rings (SSSR count). The van der Waals surface area contributed by atoms with E-state index >= 15 is 0 Å². The summed E-state index contributed by atoms with van der Waals surface area (Å²) in [5, 5.41) is 12.4. The molecule has 9 heteroatoms. The van der Waals surface area contributed by atoms with Crippen molar-refractivity contribution in [1.82, 2.24) is 15.1 Å². The Morgan fingerprint density at radius 2 is 1.84 bits per heavy atom. The molecule has 4 atom stereocenters. The number of carboxylic acid groups (broad SMARTS) is 1. The van der Waals surface area contributed by atoms with Crippen LogP contribution in [0, 0.1) is 17.8 Å². The van der Waals surface area contributed by atoms with Crippen LogP contribution in [0.3, 0.4) is 0 Å². The molecule has 0 bridgehead atoms. The number of alkyl halides is 3. The van der Waals surface area contributed by atoms with Crippen molar-refractivity contribution in [1.29, 1.82) is 0 Å². The highest BCUT2D eigenvalue weighted by atomic mass is 19.4. The molecule has 1 aromatic rings. The van der Waals surface area contributed by atoms with Crippen molar-refractivity contribution in [3.63, 3.8) is 0 Å². The molecule has 1 aliphatic heterocycles. The van der Waals surface area contributed by atoms with E-state index in [1.165, 1.54) is 19.2 Å². The molecular weight excluding hydrogens is 423 g/mol. The lowest BCUT2D eigenvalue weighted by atomic mass is 9.96. The molecule has 178 valence electrons. The van der Waals surface area contributed by atoms with Gasteiger partial charge in [0.05, 0.1) is 5.56 Å². The van der Waals surface area contributed by atoms with E-state index in [2.05, 4.69) is 10.2 Å². The monoisotopic (exact) mass is 455 g/mol. The summed E-state index contributed by atoms with van der Waals surface area (Å²) in [4.78, 5) is 27.7. The Morgan fingerprint density at radius 3 is 2.41 bits per heavy atom. The topological polar surface area (TPSA) is 72.9 Å². The van der Waals surface area contributed by atoms with Crippen LogP contribution in [-0.2, 0) is 17.5 Å². The van der Waals surface area contributed by atoms with Crippen LogP contribution in [-0.4, -0.2) is 59.1 Å². The molecule has 6 nitrogen and oxygen atoms in total. The maximum Gasteiger partial charge on any atom is 0.416 e. The Balaban J connectivity index is 1.59. The first-order valence-corrected chi connectivity index (χ1v) is 11.1. The van der Waals surface area contributed by atoms with Crippen LogP contribution in [0.4, 0.5) is 18.0 Å². The highest BCUT2D eigenvalue weighted by Gasteiger charge is 2.44. The van der Waals surface area contributed by atoms with E-state index in [0.29, 0.717) is 18.9 Å². The number of carbonyl (C=O) groups excluding carboxylic acids is 1. The van der Waals surface area contributed by atoms with Crippen molar-refractivity contribution in [3.05, 3.63) is 35.4 Å². The quantitative estimate of drug-likeness (QED) is 0.651. The Kier molecular flexibility index (Phi) is 7.37. The standard InChI is InChI=1S/C23H32F3N3O3/c1-14(2)10-20(28(3)22(31)32)21(30)27-19-9-6-16-12-29(13-18(16)19)11-15-4-7-17(8-5-15)23(24,25)26/h4-5,7-8,14,16,18-20H,6,9-13H2,1-3H3,(H,27,30)(H,31,32)/t16-,18?,19+,20?/m1/s1. The normalized spacial score (nSPS) is 24.4. The van der Waals surface area contributed by atoms with Crippen LogP contribution in [0.5, 0.6) is 0 Å². The fourth-order valence-corrected chi connectivity index (χ4v) is 5.02. The van der Waals surface area contributed by atoms with Crippen molar-refractivity contribution in [2.75, 3.05) is 20.1 Å². The van der Waals surface area contributed by atoms with Crippen molar-refractivity contribution < 1.29 is 27.9 Å². The number of carbonyl (C=O) groups is 2. The summed E-state index contributed by atoms with van der Waals surface area (Å²) in [6.45, 7) is 6.10. The van der Waals surface area contributed by atoms with Crippen LogP contribution in [0.25, 0.3) is 0 Å². The first-order valence-electron chi connectivity index (χ1n) is 11.1. The van der Waals surface area contributed by atoms with Gasteiger partial charge in [0.15, 0.2) is 0 Å². The van der Waals surface area contributed by atoms with Gasteiger partial charge in [-0.1, -0.05) is 26.0 Å². The molecule has 0 radical (unpaired) electrons. The summed E-state index contributed by atoms with van der Waals surface area (Å²) in [5.41, 5.74) is 0.184. The van der Waals surface area contributed by atoms with Gasteiger partial charge in [0, 0.05) is 32.7 Å². The van der Waals surface area contributed by atoms with Gasteiger partial charge in [0.25, 0.3) is 0 Å². The van der Waals surface area contributed by atoms with Gasteiger partial charge >= 0.3 is 12.3 Å². The van der Waals surface area contributed by atoms with Gasteiger partial charge in [-0.2, -0.15) is 13.2 Å². The van der Waals surface area contributed by atoms with Crippen LogP contribution in [0.1, 0.15) is 44.2 Å². The maximum atomic E-state index is 12.9. The van der Waals surface area contributed by atoms with Crippen molar-refractivity contribution >= 4 is 12.0 Å². The SMILES string of the molecule is CC(C)CC(C(=O)N[C@H]1CC[C@@H]2CN(Cc3ccc(C(F)(F)F)cc3)CC21)N(C)C(=O)O. The molecule has 2 fully saturated rings. The predicted molar refractivity (Wildman–Crippen MR) is 114 cm³/mol. The number of likely N-dealkylation sites (N-methyl/N-ethyl adjacent to an activating group) is 1. The van der Waals surface area contributed by atoms with Crippen molar-refractivity contribution in [2.45, 2.75) is 57.9 Å². The van der Waals surface area contributed by atoms with Gasteiger partial charge in [0.1, 0.15) is 6.04 Å². The van der Waals surface area contributed by atoms with Crippen LogP contribution < -0.4 is 5.32 Å². The number of hydrogen-bond donors (Lipinski definition) is 2. The highest BCUT2D eigenvalue weighted by Crippen LogP contribution is 2.39.